The molecule has 0 bridgehead atoms. The molecule has 0 radical (unpaired) electrons. The molecule has 1 aromatic heterocycles. The number of ether oxygens (including phenoxy) is 2. The lowest BCUT2D eigenvalue weighted by Gasteiger charge is -2.30. The van der Waals surface area contributed by atoms with Gasteiger partial charge in [0.15, 0.2) is 0 Å². The lowest BCUT2D eigenvalue weighted by molar-refractivity contribution is -0.132. The van der Waals surface area contributed by atoms with E-state index in [4.69, 9.17) is 9.47 Å². The number of benzene rings is 2. The highest BCUT2D eigenvalue weighted by Crippen LogP contribution is 2.33. The Morgan fingerprint density at radius 3 is 2.63 bits per heavy atom. The van der Waals surface area contributed by atoms with Gasteiger partial charge < -0.3 is 24.4 Å². The van der Waals surface area contributed by atoms with Gasteiger partial charge in [-0.05, 0) is 48.9 Å². The highest BCUT2D eigenvalue weighted by molar-refractivity contribution is 5.88. The van der Waals surface area contributed by atoms with Gasteiger partial charge in [0, 0.05) is 31.4 Å². The molecule has 5 rings (SSSR count). The van der Waals surface area contributed by atoms with Crippen molar-refractivity contribution in [3.8, 4) is 11.5 Å². The number of rotatable bonds is 10. The van der Waals surface area contributed by atoms with Crippen LogP contribution < -0.4 is 14.4 Å². The van der Waals surface area contributed by atoms with Crippen LogP contribution in [0.25, 0.3) is 0 Å². The fourth-order valence-corrected chi connectivity index (χ4v) is 5.97. The Balaban J connectivity index is 1.31. The second kappa shape index (κ2) is 13.0. The average molecular weight is 559 g/mol. The number of nitrogens with zero attached hydrogens (tertiary/aromatic N) is 4. The summed E-state index contributed by atoms with van der Waals surface area (Å²) in [7, 11) is 1.62. The van der Waals surface area contributed by atoms with Crippen LogP contribution in [0.2, 0.25) is 0 Å². The first kappa shape index (κ1) is 28.4. The molecule has 1 amide bonds. The maximum absolute atomic E-state index is 13.6. The molecule has 216 valence electrons. The van der Waals surface area contributed by atoms with Crippen molar-refractivity contribution in [2.24, 2.45) is 5.92 Å². The number of carbonyl (C=O) groups is 2. The van der Waals surface area contributed by atoms with E-state index in [1.807, 2.05) is 53.4 Å². The minimum absolute atomic E-state index is 0.0223. The van der Waals surface area contributed by atoms with Crippen molar-refractivity contribution < 1.29 is 24.2 Å². The zero-order chi connectivity index (χ0) is 28.8. The predicted molar refractivity (Wildman–Crippen MR) is 156 cm³/mol. The number of aryl methyl sites for hydroxylation is 1. The van der Waals surface area contributed by atoms with E-state index >= 15 is 0 Å². The molecule has 2 aromatic carbocycles. The molecule has 0 unspecified atom stereocenters. The summed E-state index contributed by atoms with van der Waals surface area (Å²) in [5.74, 6) is 1.15. The number of fused-ring (bicyclic) bond motifs is 1. The van der Waals surface area contributed by atoms with Gasteiger partial charge in [0.25, 0.3) is 0 Å². The van der Waals surface area contributed by atoms with Crippen LogP contribution >= 0.6 is 0 Å². The number of carbonyl (C=O) groups excluding carboxylic acids is 1. The van der Waals surface area contributed by atoms with Gasteiger partial charge in [0.1, 0.15) is 23.7 Å². The molecule has 3 heterocycles. The Bertz CT molecular complexity index is 1360. The minimum Gasteiger partial charge on any atom is -0.496 e. The van der Waals surface area contributed by atoms with E-state index in [-0.39, 0.29) is 30.5 Å². The molecule has 3 aromatic rings. The van der Waals surface area contributed by atoms with Crippen LogP contribution in [0.5, 0.6) is 11.5 Å². The largest absolute Gasteiger partial charge is 0.496 e. The molecule has 2 saturated heterocycles. The fourth-order valence-electron chi connectivity index (χ4n) is 5.97. The summed E-state index contributed by atoms with van der Waals surface area (Å²) in [6.07, 6.45) is 6.79. The summed E-state index contributed by atoms with van der Waals surface area (Å²) < 4.78 is 11.4. The third kappa shape index (κ3) is 6.61. The maximum atomic E-state index is 13.6. The number of hydrogen-bond donors (Lipinski definition) is 1. The molecular weight excluding hydrogens is 520 g/mol. The number of methoxy groups -OCH3 is 1. The summed E-state index contributed by atoms with van der Waals surface area (Å²) in [5, 5.41) is 9.77. The third-order valence-corrected chi connectivity index (χ3v) is 8.09. The van der Waals surface area contributed by atoms with Gasteiger partial charge in [-0.15, -0.1) is 0 Å². The van der Waals surface area contributed by atoms with Crippen molar-refractivity contribution in [2.75, 3.05) is 31.6 Å². The number of aromatic nitrogens is 2. The number of para-hydroxylation sites is 1. The van der Waals surface area contributed by atoms with Crippen molar-refractivity contribution in [3.63, 3.8) is 0 Å². The summed E-state index contributed by atoms with van der Waals surface area (Å²) in [5.41, 5.74) is 2.47. The van der Waals surface area contributed by atoms with E-state index in [2.05, 4.69) is 21.8 Å². The molecule has 2 atom stereocenters. The third-order valence-electron chi connectivity index (χ3n) is 8.09. The molecular formula is C32H38N4O5. The highest BCUT2D eigenvalue weighted by Gasteiger charge is 2.40. The first-order valence-corrected chi connectivity index (χ1v) is 14.4. The maximum Gasteiger partial charge on any atom is 0.339 e. The van der Waals surface area contributed by atoms with Gasteiger partial charge in [-0.1, -0.05) is 50.1 Å². The number of hydrogen-bond acceptors (Lipinski definition) is 7. The normalized spacial score (nSPS) is 18.5. The van der Waals surface area contributed by atoms with Crippen LogP contribution in [0.1, 0.15) is 59.8 Å². The van der Waals surface area contributed by atoms with Crippen LogP contribution in [-0.4, -0.2) is 64.6 Å². The molecule has 9 heteroatoms. The molecule has 9 nitrogen and oxygen atoms in total. The quantitative estimate of drug-likeness (QED) is 0.379. The van der Waals surface area contributed by atoms with Crippen molar-refractivity contribution in [1.82, 2.24) is 14.9 Å². The Morgan fingerprint density at radius 1 is 1.07 bits per heavy atom. The van der Waals surface area contributed by atoms with E-state index < -0.39 is 5.97 Å². The second-order valence-electron chi connectivity index (χ2n) is 10.8. The van der Waals surface area contributed by atoms with Crippen LogP contribution in [0.4, 0.5) is 5.95 Å². The zero-order valence-electron chi connectivity index (χ0n) is 23.8. The Kier molecular flexibility index (Phi) is 9.01. The van der Waals surface area contributed by atoms with Gasteiger partial charge in [0.05, 0.1) is 25.3 Å². The number of carboxylic acid groups (broad SMARTS) is 1. The van der Waals surface area contributed by atoms with E-state index in [9.17, 15) is 14.7 Å². The molecule has 0 spiro atoms. The number of carboxylic acids is 1. The number of likely N-dealkylation sites (tertiary alicyclic amines) is 1. The summed E-state index contributed by atoms with van der Waals surface area (Å²) in [4.78, 5) is 38.7. The van der Waals surface area contributed by atoms with E-state index in [1.54, 1.807) is 7.11 Å². The minimum atomic E-state index is -1.09. The molecule has 2 aliphatic heterocycles. The molecule has 2 fully saturated rings. The molecule has 0 saturated carbocycles. The van der Waals surface area contributed by atoms with Crippen molar-refractivity contribution in [3.05, 3.63) is 77.1 Å². The van der Waals surface area contributed by atoms with Gasteiger partial charge in [-0.3, -0.25) is 4.79 Å². The number of amides is 1. The number of aromatic carboxylic acids is 1. The lowest BCUT2D eigenvalue weighted by atomic mass is 9.98. The lowest BCUT2D eigenvalue weighted by Crippen LogP contribution is -2.45. The van der Waals surface area contributed by atoms with Gasteiger partial charge in [0.2, 0.25) is 11.9 Å². The SMILES string of the molecule is CCCc1ccc(OCc2nc(N3C[C@H]4CCCCN(C(=O)Cc5ccccc5OC)[C@H]4C3)ncc2C(=O)O)cc1. The topological polar surface area (TPSA) is 105 Å². The smallest absolute Gasteiger partial charge is 0.339 e. The zero-order valence-corrected chi connectivity index (χ0v) is 23.8. The van der Waals surface area contributed by atoms with Gasteiger partial charge >= 0.3 is 5.97 Å². The molecule has 2 aliphatic rings. The van der Waals surface area contributed by atoms with Crippen molar-refractivity contribution >= 4 is 17.8 Å². The molecule has 0 aliphatic carbocycles. The van der Waals surface area contributed by atoms with Crippen LogP contribution in [0, 0.1) is 5.92 Å². The standard InChI is InChI=1S/C32H38N4O5/c1-3-8-22-12-14-25(15-13-22)41-21-27-26(31(38)39)18-33-32(34-27)35-19-24-10-6-7-16-36(28(24)20-35)30(37)17-23-9-4-5-11-29(23)40-2/h4-5,9,11-15,18,24,28H,3,6-8,10,16-17,19-21H2,1-2H3,(H,38,39)/t24-,28+/m1/s1. The van der Waals surface area contributed by atoms with E-state index in [1.165, 1.54) is 11.8 Å². The second-order valence-corrected chi connectivity index (χ2v) is 10.8. The number of anilines is 1. The Morgan fingerprint density at radius 2 is 1.88 bits per heavy atom. The first-order valence-electron chi connectivity index (χ1n) is 14.4. The van der Waals surface area contributed by atoms with Crippen LogP contribution in [0.15, 0.2) is 54.7 Å². The average Bonchev–Trinajstić information content (AvgIpc) is 3.30. The van der Waals surface area contributed by atoms with Crippen molar-refractivity contribution in [2.45, 2.75) is 58.1 Å². The van der Waals surface area contributed by atoms with Crippen LogP contribution in [0.3, 0.4) is 0 Å². The Hall–Kier alpha value is -4.14. The van der Waals surface area contributed by atoms with E-state index in [0.29, 0.717) is 36.4 Å². The fraction of sp³-hybridized carbons (Fsp3) is 0.438. The summed E-state index contributed by atoms with van der Waals surface area (Å²) in [6.45, 7) is 4.20. The predicted octanol–water partition coefficient (Wildman–Crippen LogP) is 4.77. The van der Waals surface area contributed by atoms with Crippen molar-refractivity contribution in [1.29, 1.82) is 0 Å². The van der Waals surface area contributed by atoms with Crippen LogP contribution in [-0.2, 0) is 24.2 Å². The van der Waals surface area contributed by atoms with E-state index in [0.717, 1.165) is 50.0 Å². The van der Waals surface area contributed by atoms with Gasteiger partial charge in [-0.2, -0.15) is 0 Å². The summed E-state index contributed by atoms with van der Waals surface area (Å²) in [6, 6.07) is 15.5. The monoisotopic (exact) mass is 558 g/mol. The first-order chi connectivity index (χ1) is 20.0. The van der Waals surface area contributed by atoms with Gasteiger partial charge in [-0.25, -0.2) is 14.8 Å². The summed E-state index contributed by atoms with van der Waals surface area (Å²) >= 11 is 0. The molecule has 41 heavy (non-hydrogen) atoms. The molecule has 1 N–H and O–H groups in total. The highest BCUT2D eigenvalue weighted by atomic mass is 16.5. The Labute approximate surface area is 241 Å².